The van der Waals surface area contributed by atoms with E-state index in [1.807, 2.05) is 136 Å². The first-order chi connectivity index (χ1) is 35.1. The van der Waals surface area contributed by atoms with Gasteiger partial charge in [0, 0.05) is 122 Å². The Labute approximate surface area is 426 Å². The quantitative estimate of drug-likeness (QED) is 0.114. The van der Waals surface area contributed by atoms with Crippen LogP contribution in [-0.4, -0.2) is 126 Å². The maximum Gasteiger partial charge on any atom is 0.246 e. The van der Waals surface area contributed by atoms with Gasteiger partial charge in [0.2, 0.25) is 17.7 Å². The Bertz CT molecular complexity index is 2690. The molecule has 0 atom stereocenters. The molecule has 372 valence electrons. The minimum Gasteiger partial charge on any atom is -0.337 e. The third-order valence-electron chi connectivity index (χ3n) is 13.1. The van der Waals surface area contributed by atoms with Crippen LogP contribution in [0.15, 0.2) is 182 Å². The molecule has 9 rings (SSSR count). The highest BCUT2D eigenvalue weighted by atomic mass is 19.1. The summed E-state index contributed by atoms with van der Waals surface area (Å²) >= 11 is 0. The first-order valence-electron chi connectivity index (χ1n) is 25.2. The summed E-state index contributed by atoms with van der Waals surface area (Å²) in [5, 5.41) is 0. The molecule has 0 aliphatic carbocycles. The third kappa shape index (κ3) is 17.6. The second-order valence-electron chi connectivity index (χ2n) is 18.6. The lowest BCUT2D eigenvalue weighted by Gasteiger charge is -2.34. The van der Waals surface area contributed by atoms with Crippen LogP contribution in [0.1, 0.15) is 44.5 Å². The van der Waals surface area contributed by atoms with Crippen molar-refractivity contribution in [3.63, 3.8) is 0 Å². The fraction of sp³-hybridized carbons (Fsp3) is 0.274. The molecule has 0 N–H and O–H groups in total. The van der Waals surface area contributed by atoms with E-state index in [-0.39, 0.29) is 23.5 Å². The largest absolute Gasteiger partial charge is 0.337 e. The van der Waals surface area contributed by atoms with E-state index in [1.54, 1.807) is 24.3 Å². The molecule has 3 amide bonds. The zero-order valence-corrected chi connectivity index (χ0v) is 41.9. The number of amides is 3. The molecule has 3 aliphatic rings. The van der Waals surface area contributed by atoms with Crippen molar-refractivity contribution in [1.29, 1.82) is 0 Å². The summed E-state index contributed by atoms with van der Waals surface area (Å²) in [6.07, 6.45) is 10.6. The average Bonchev–Trinajstić information content (AvgIpc) is 3.42. The number of piperazine rings is 3. The number of halogens is 1. The number of benzene rings is 6. The van der Waals surface area contributed by atoms with Gasteiger partial charge in [-0.25, -0.2) is 4.39 Å². The summed E-state index contributed by atoms with van der Waals surface area (Å²) in [6.45, 7) is 16.5. The minimum absolute atomic E-state index is 0.0318. The van der Waals surface area contributed by atoms with Gasteiger partial charge < -0.3 is 14.7 Å². The lowest BCUT2D eigenvalue weighted by atomic mass is 10.1. The summed E-state index contributed by atoms with van der Waals surface area (Å²) in [5.74, 6) is 0.0779. The fourth-order valence-corrected chi connectivity index (χ4v) is 8.78. The van der Waals surface area contributed by atoms with Crippen LogP contribution in [0.25, 0.3) is 18.2 Å². The van der Waals surface area contributed by atoms with Gasteiger partial charge in [-0.2, -0.15) is 0 Å². The number of hydrogen-bond acceptors (Lipinski definition) is 6. The van der Waals surface area contributed by atoms with E-state index < -0.39 is 0 Å². The fourth-order valence-electron chi connectivity index (χ4n) is 8.78. The van der Waals surface area contributed by atoms with Gasteiger partial charge >= 0.3 is 0 Å². The highest BCUT2D eigenvalue weighted by molar-refractivity contribution is 5.93. The molecule has 9 nitrogen and oxygen atoms in total. The number of nitrogens with zero attached hydrogens (tertiary/aromatic N) is 6. The zero-order chi connectivity index (χ0) is 50.3. The van der Waals surface area contributed by atoms with Gasteiger partial charge in [-0.3, -0.25) is 29.1 Å². The van der Waals surface area contributed by atoms with Crippen LogP contribution in [0.4, 0.5) is 4.39 Å². The van der Waals surface area contributed by atoms with Crippen LogP contribution >= 0.6 is 0 Å². The van der Waals surface area contributed by atoms with E-state index in [9.17, 15) is 18.8 Å². The van der Waals surface area contributed by atoms with Crippen molar-refractivity contribution < 1.29 is 18.8 Å². The summed E-state index contributed by atoms with van der Waals surface area (Å²) in [7, 11) is 0. The number of hydrogen-bond donors (Lipinski definition) is 0. The van der Waals surface area contributed by atoms with Crippen LogP contribution < -0.4 is 0 Å². The Morgan fingerprint density at radius 1 is 0.389 bits per heavy atom. The summed E-state index contributed by atoms with van der Waals surface area (Å²) < 4.78 is 13.7. The second kappa shape index (κ2) is 28.0. The highest BCUT2D eigenvalue weighted by Gasteiger charge is 2.22. The predicted molar refractivity (Wildman–Crippen MR) is 291 cm³/mol. The first-order valence-corrected chi connectivity index (χ1v) is 25.2. The van der Waals surface area contributed by atoms with E-state index >= 15 is 0 Å². The Morgan fingerprint density at radius 2 is 0.764 bits per heavy atom. The molecule has 72 heavy (non-hydrogen) atoms. The second-order valence-corrected chi connectivity index (χ2v) is 18.6. The molecular weight excluding hydrogens is 896 g/mol. The van der Waals surface area contributed by atoms with Crippen molar-refractivity contribution in [1.82, 2.24) is 29.4 Å². The van der Waals surface area contributed by atoms with Gasteiger partial charge in [-0.05, 0) is 66.0 Å². The minimum atomic E-state index is -0.165. The summed E-state index contributed by atoms with van der Waals surface area (Å²) in [6, 6.07) is 53.9. The molecule has 3 heterocycles. The van der Waals surface area contributed by atoms with Gasteiger partial charge in [0.1, 0.15) is 5.82 Å². The number of carbonyl (C=O) groups excluding carboxylic acids is 3. The Kier molecular flexibility index (Phi) is 20.4. The molecule has 10 heteroatoms. The topological polar surface area (TPSA) is 70.6 Å². The highest BCUT2D eigenvalue weighted by Crippen LogP contribution is 2.15. The smallest absolute Gasteiger partial charge is 0.246 e. The van der Waals surface area contributed by atoms with E-state index in [2.05, 4.69) is 77.1 Å². The van der Waals surface area contributed by atoms with Gasteiger partial charge in [-0.1, -0.05) is 169 Å². The molecule has 0 spiro atoms. The third-order valence-corrected chi connectivity index (χ3v) is 13.1. The first kappa shape index (κ1) is 52.6. The van der Waals surface area contributed by atoms with Crippen molar-refractivity contribution in [2.75, 3.05) is 78.5 Å². The lowest BCUT2D eigenvalue weighted by Crippen LogP contribution is -2.47. The molecule has 3 saturated heterocycles. The van der Waals surface area contributed by atoms with Crippen molar-refractivity contribution in [2.45, 2.75) is 33.5 Å². The van der Waals surface area contributed by atoms with Crippen LogP contribution in [0, 0.1) is 19.7 Å². The average molecular weight is 965 g/mol. The standard InChI is InChI=1S/2C21H24N2O.C20H21FN2O/c1-18-6-5-9-20(16-18)17-22-12-14-23(15-13-22)21(24)11-10-19-7-3-2-4-8-19;1-18-7-9-20(10-8-18)17-22-13-15-23(16-14-22)21(24)12-11-19-5-3-2-4-6-19;21-19-9-5-4-8-18(19)16-22-12-14-23(15-13-22)20(24)11-10-17-6-2-1-3-7-17/h2-11,16H,12-15,17H2,1H3;2-12H,13-17H2,1H3;1-11H,12-16H2/b11-10+;12-11+;11-10+. The molecule has 3 aliphatic heterocycles. The van der Waals surface area contributed by atoms with Gasteiger partial charge in [0.15, 0.2) is 0 Å². The SMILES string of the molecule is Cc1ccc(CN2CCN(C(=O)/C=C/c3ccccc3)CC2)cc1.Cc1cccc(CN2CCN(C(=O)/C=C/c3ccccc3)CC2)c1.O=C(/C=C/c1ccccc1)N1CCN(Cc2ccccc2F)CC1. The molecule has 0 bridgehead atoms. The van der Waals surface area contributed by atoms with Crippen LogP contribution in [0.5, 0.6) is 0 Å². The van der Waals surface area contributed by atoms with E-state index in [0.717, 1.165) is 95.2 Å². The molecule has 6 aromatic rings. The zero-order valence-electron chi connectivity index (χ0n) is 41.9. The molecule has 3 fully saturated rings. The molecule has 6 aromatic carbocycles. The van der Waals surface area contributed by atoms with Crippen LogP contribution in [0.2, 0.25) is 0 Å². The number of rotatable bonds is 12. The van der Waals surface area contributed by atoms with Crippen LogP contribution in [-0.2, 0) is 34.0 Å². The summed E-state index contributed by atoms with van der Waals surface area (Å²) in [5.41, 5.74) is 9.12. The van der Waals surface area contributed by atoms with Crippen molar-refractivity contribution in [2.24, 2.45) is 0 Å². The van der Waals surface area contributed by atoms with Gasteiger partial charge in [0.05, 0.1) is 0 Å². The molecule has 0 radical (unpaired) electrons. The van der Waals surface area contributed by atoms with Gasteiger partial charge in [0.25, 0.3) is 0 Å². The molecule has 0 saturated carbocycles. The van der Waals surface area contributed by atoms with E-state index in [0.29, 0.717) is 25.2 Å². The Morgan fingerprint density at radius 3 is 1.17 bits per heavy atom. The van der Waals surface area contributed by atoms with Crippen molar-refractivity contribution in [3.05, 3.63) is 232 Å². The van der Waals surface area contributed by atoms with Crippen molar-refractivity contribution in [3.8, 4) is 0 Å². The molecule has 0 unspecified atom stereocenters. The lowest BCUT2D eigenvalue weighted by molar-refractivity contribution is -0.128. The number of aryl methyl sites for hydroxylation is 2. The van der Waals surface area contributed by atoms with E-state index in [1.165, 1.54) is 28.3 Å². The Hall–Kier alpha value is -7.24. The maximum absolute atomic E-state index is 13.7. The number of carbonyl (C=O) groups is 3. The van der Waals surface area contributed by atoms with E-state index in [4.69, 9.17) is 0 Å². The monoisotopic (exact) mass is 965 g/mol. The predicted octanol–water partition coefficient (Wildman–Crippen LogP) is 9.89. The van der Waals surface area contributed by atoms with Crippen LogP contribution in [0.3, 0.4) is 0 Å². The Balaban J connectivity index is 0.000000158. The normalized spacial score (nSPS) is 15.8. The molecule has 0 aromatic heterocycles. The maximum atomic E-state index is 13.7. The summed E-state index contributed by atoms with van der Waals surface area (Å²) in [4.78, 5) is 49.6. The van der Waals surface area contributed by atoms with Gasteiger partial charge in [-0.15, -0.1) is 0 Å². The molecular formula is C62H69FN6O3. The van der Waals surface area contributed by atoms with Crippen molar-refractivity contribution >= 4 is 35.9 Å².